The zero-order chi connectivity index (χ0) is 29.0. The molecule has 2 aromatic carbocycles. The third-order valence-corrected chi connectivity index (χ3v) is 11.8. The van der Waals surface area contributed by atoms with E-state index >= 15 is 0 Å². The van der Waals surface area contributed by atoms with Gasteiger partial charge in [0.1, 0.15) is 11.4 Å². The molecule has 4 atom stereocenters. The van der Waals surface area contributed by atoms with Gasteiger partial charge in [0, 0.05) is 48.4 Å². The molecule has 5 rings (SSSR count). The molecule has 2 aromatic rings. The molecule has 3 aliphatic rings. The Kier molecular flexibility index (Phi) is 7.58. The second-order valence-corrected chi connectivity index (χ2v) is 15.7. The van der Waals surface area contributed by atoms with Crippen LogP contribution in [0, 0.1) is 23.7 Å². The molecule has 0 bridgehead atoms. The number of oxime groups is 1. The van der Waals surface area contributed by atoms with Crippen LogP contribution in [0.1, 0.15) is 62.8 Å². The first-order valence-corrected chi connectivity index (χ1v) is 16.5. The van der Waals surface area contributed by atoms with Gasteiger partial charge >= 0.3 is 0 Å². The number of piperidine rings is 2. The van der Waals surface area contributed by atoms with Crippen molar-refractivity contribution in [3.8, 4) is 0 Å². The van der Waals surface area contributed by atoms with E-state index in [2.05, 4.69) is 10.3 Å². The Morgan fingerprint density at radius 1 is 0.650 bits per heavy atom. The fourth-order valence-corrected chi connectivity index (χ4v) is 9.98. The van der Waals surface area contributed by atoms with Gasteiger partial charge in [0.25, 0.3) is 0 Å². The number of rotatable bonds is 4. The average Bonchev–Trinajstić information content (AvgIpc) is 2.89. The van der Waals surface area contributed by atoms with Crippen molar-refractivity contribution in [1.29, 1.82) is 0 Å². The minimum atomic E-state index is -3.88. The van der Waals surface area contributed by atoms with Crippen LogP contribution in [0.2, 0.25) is 0 Å². The van der Waals surface area contributed by atoms with E-state index in [-0.39, 0.29) is 56.0 Å². The highest BCUT2D eigenvalue weighted by Gasteiger charge is 2.36. The number of nitrogens with zero attached hydrogens (tertiary/aromatic N) is 4. The Balaban J connectivity index is 1.58. The zero-order valence-electron chi connectivity index (χ0n) is 23.1. The van der Waals surface area contributed by atoms with Crippen LogP contribution in [0.5, 0.6) is 0 Å². The van der Waals surface area contributed by atoms with Crippen molar-refractivity contribution in [3.63, 3.8) is 0 Å². The van der Waals surface area contributed by atoms with Gasteiger partial charge in [-0.15, -0.1) is 5.21 Å². The second-order valence-electron chi connectivity index (χ2n) is 11.8. The van der Waals surface area contributed by atoms with E-state index in [4.69, 9.17) is 0 Å². The summed E-state index contributed by atoms with van der Waals surface area (Å²) in [7, 11) is -7.76. The summed E-state index contributed by atoms with van der Waals surface area (Å²) in [5.41, 5.74) is 1.00. The number of fused-ring (bicyclic) bond motifs is 2. The molecule has 1 N–H and O–H groups in total. The zero-order valence-corrected chi connectivity index (χ0v) is 24.7. The van der Waals surface area contributed by atoms with Gasteiger partial charge in [0.2, 0.25) is 20.0 Å². The molecule has 0 unspecified atom stereocenters. The third-order valence-electron chi connectivity index (χ3n) is 8.14. The largest absolute Gasteiger partial charge is 0.410 e. The second kappa shape index (κ2) is 10.6. The average molecular weight is 588 g/mol. The number of hydrogen-bond acceptors (Lipinski definition) is 7. The Morgan fingerprint density at radius 3 is 1.35 bits per heavy atom. The Hall–Kier alpha value is -2.80. The summed E-state index contributed by atoms with van der Waals surface area (Å²) in [5, 5.41) is 28.9. The topological polar surface area (TPSA) is 140 Å². The lowest BCUT2D eigenvalue weighted by molar-refractivity contribution is 0.210. The summed E-state index contributed by atoms with van der Waals surface area (Å²) in [6.45, 7) is 9.66. The van der Waals surface area contributed by atoms with Crippen LogP contribution < -0.4 is 0 Å². The summed E-state index contributed by atoms with van der Waals surface area (Å²) in [6.07, 6.45) is 1.88. The molecule has 2 fully saturated rings. The van der Waals surface area contributed by atoms with Crippen molar-refractivity contribution in [1.82, 2.24) is 8.61 Å². The molecule has 10 nitrogen and oxygen atoms in total. The van der Waals surface area contributed by atoms with Crippen LogP contribution in [-0.4, -0.2) is 68.3 Å². The van der Waals surface area contributed by atoms with Crippen molar-refractivity contribution in [2.45, 2.75) is 50.3 Å². The Morgan fingerprint density at radius 2 is 1.02 bits per heavy atom. The van der Waals surface area contributed by atoms with Gasteiger partial charge in [-0.2, -0.15) is 8.61 Å². The summed E-state index contributed by atoms with van der Waals surface area (Å²) < 4.78 is 57.4. The van der Waals surface area contributed by atoms with Crippen molar-refractivity contribution >= 4 is 31.5 Å². The molecule has 0 aromatic heterocycles. The SMILES string of the molecule is C[C@@H]1C[C@H](C)CN(S(=O)(=O)c2ccc3c(c2)C(=N[O])c2cc(S(=O)(=O)N4C[C@H](C)C[C@H](C)C4)ccc2C3=NO)C1. The molecule has 1 aliphatic carbocycles. The molecular formula is C28H35N4O6S2. The molecule has 2 saturated heterocycles. The summed E-state index contributed by atoms with van der Waals surface area (Å²) in [5.74, 6) is 0.838. The van der Waals surface area contributed by atoms with Gasteiger partial charge in [0.15, 0.2) is 0 Å². The van der Waals surface area contributed by atoms with Gasteiger partial charge in [-0.25, -0.2) is 16.8 Å². The maximum absolute atomic E-state index is 13.6. The summed E-state index contributed by atoms with van der Waals surface area (Å²) >= 11 is 0. The van der Waals surface area contributed by atoms with Crippen molar-refractivity contribution in [2.24, 2.45) is 34.0 Å². The highest BCUT2D eigenvalue weighted by atomic mass is 32.2. The standard InChI is InChI=1S/C28H35N4O6S2/c1-17-9-18(2)14-31(13-17)39(35,36)21-5-7-23-25(11-21)28(30-34)26-12-22(6-8-24(26)27(23)29-33)40(37,38)32-15-19(3)10-20(4)16-32/h5-8,11-12,17-20,33H,9-10,13-16H2,1-4H3/t17-,18+,19-,20+. The van der Waals surface area contributed by atoms with E-state index in [1.807, 2.05) is 27.7 Å². The lowest BCUT2D eigenvalue weighted by Gasteiger charge is -2.34. The van der Waals surface area contributed by atoms with Gasteiger partial charge in [-0.1, -0.05) is 45.0 Å². The molecule has 1 radical (unpaired) electrons. The predicted molar refractivity (Wildman–Crippen MR) is 150 cm³/mol. The maximum Gasteiger partial charge on any atom is 0.243 e. The smallest absolute Gasteiger partial charge is 0.243 e. The van der Waals surface area contributed by atoms with Crippen molar-refractivity contribution < 1.29 is 27.3 Å². The van der Waals surface area contributed by atoms with E-state index in [1.54, 1.807) is 0 Å². The summed E-state index contributed by atoms with van der Waals surface area (Å²) in [6, 6.07) is 8.62. The molecule has 0 amide bonds. The maximum atomic E-state index is 13.6. The van der Waals surface area contributed by atoms with Gasteiger partial charge in [-0.3, -0.25) is 0 Å². The Labute approximate surface area is 236 Å². The molecule has 2 aliphatic heterocycles. The third kappa shape index (κ3) is 4.95. The van der Waals surface area contributed by atoms with Crippen LogP contribution in [0.25, 0.3) is 0 Å². The van der Waals surface area contributed by atoms with Crippen LogP contribution >= 0.6 is 0 Å². The van der Waals surface area contributed by atoms with Crippen LogP contribution in [0.4, 0.5) is 0 Å². The molecule has 12 heteroatoms. The van der Waals surface area contributed by atoms with Crippen molar-refractivity contribution in [3.05, 3.63) is 58.7 Å². The predicted octanol–water partition coefficient (Wildman–Crippen LogP) is 3.74. The highest BCUT2D eigenvalue weighted by molar-refractivity contribution is 7.89. The first-order chi connectivity index (χ1) is 18.9. The molecule has 2 heterocycles. The fraction of sp³-hybridized carbons (Fsp3) is 0.500. The van der Waals surface area contributed by atoms with Crippen LogP contribution in [-0.2, 0) is 25.3 Å². The van der Waals surface area contributed by atoms with Crippen LogP contribution in [0.3, 0.4) is 0 Å². The van der Waals surface area contributed by atoms with Crippen LogP contribution in [0.15, 0.2) is 56.5 Å². The molecule has 0 spiro atoms. The molecule has 215 valence electrons. The monoisotopic (exact) mass is 587 g/mol. The number of sulfonamides is 2. The summed E-state index contributed by atoms with van der Waals surface area (Å²) in [4.78, 5) is -0.0102. The molecule has 40 heavy (non-hydrogen) atoms. The minimum Gasteiger partial charge on any atom is -0.410 e. The van der Waals surface area contributed by atoms with Gasteiger partial charge in [-0.05, 0) is 65.9 Å². The highest BCUT2D eigenvalue weighted by Crippen LogP contribution is 2.35. The quantitative estimate of drug-likeness (QED) is 0.366. The Bertz CT molecular complexity index is 1470. The van der Waals surface area contributed by atoms with E-state index in [0.717, 1.165) is 12.8 Å². The molecule has 0 saturated carbocycles. The lowest BCUT2D eigenvalue weighted by Crippen LogP contribution is -2.42. The number of benzene rings is 2. The first-order valence-electron chi connectivity index (χ1n) is 13.6. The normalized spacial score (nSPS) is 26.2. The molecular weight excluding hydrogens is 552 g/mol. The first kappa shape index (κ1) is 28.7. The fourth-order valence-electron chi connectivity index (χ4n) is 6.57. The van der Waals surface area contributed by atoms with E-state index < -0.39 is 20.0 Å². The lowest BCUT2D eigenvalue weighted by atomic mass is 9.83. The minimum absolute atomic E-state index is 0.00509. The van der Waals surface area contributed by atoms with Crippen molar-refractivity contribution in [2.75, 3.05) is 26.2 Å². The van der Waals surface area contributed by atoms with E-state index in [1.165, 1.54) is 45.0 Å². The van der Waals surface area contributed by atoms with Gasteiger partial charge < -0.3 is 5.21 Å². The van der Waals surface area contributed by atoms with Gasteiger partial charge in [0.05, 0.1) is 9.79 Å². The number of hydrogen-bond donors (Lipinski definition) is 1. The van der Waals surface area contributed by atoms with E-state index in [9.17, 15) is 27.3 Å². The van der Waals surface area contributed by atoms with E-state index in [0.29, 0.717) is 37.3 Å².